The minimum absolute atomic E-state index is 0.0286. The highest BCUT2D eigenvalue weighted by Gasteiger charge is 2.49. The summed E-state index contributed by atoms with van der Waals surface area (Å²) in [5, 5.41) is 9.48. The molecule has 2 aliphatic rings. The number of rotatable bonds is 5. The fraction of sp³-hybridized carbons (Fsp3) is 0.400. The number of fused-ring (bicyclic) bond motifs is 2. The number of amides is 2. The van der Waals surface area contributed by atoms with Crippen LogP contribution in [0.3, 0.4) is 0 Å². The van der Waals surface area contributed by atoms with Gasteiger partial charge >= 0.3 is 5.97 Å². The number of thiazole rings is 1. The molecule has 2 amide bonds. The van der Waals surface area contributed by atoms with Gasteiger partial charge in [-0.3, -0.25) is 14.4 Å². The first-order valence-electron chi connectivity index (χ1n) is 9.43. The van der Waals surface area contributed by atoms with Crippen LogP contribution in [0.2, 0.25) is 0 Å². The van der Waals surface area contributed by atoms with Crippen LogP contribution in [-0.2, 0) is 26.2 Å². The first-order valence-corrected chi connectivity index (χ1v) is 12.0. The van der Waals surface area contributed by atoms with Gasteiger partial charge in [0.05, 0.1) is 22.6 Å². The molecule has 3 heterocycles. The maximum Gasteiger partial charge on any atom is 0.313 e. The Morgan fingerprint density at radius 3 is 2.83 bits per heavy atom. The number of carboxylic acids is 1. The van der Waals surface area contributed by atoms with Gasteiger partial charge in [-0.2, -0.15) is 0 Å². The smallest absolute Gasteiger partial charge is 0.313 e. The van der Waals surface area contributed by atoms with Gasteiger partial charge in [-0.1, -0.05) is 15.9 Å². The summed E-state index contributed by atoms with van der Waals surface area (Å²) in [7, 11) is 0. The van der Waals surface area contributed by atoms with E-state index in [9.17, 15) is 14.4 Å². The summed E-state index contributed by atoms with van der Waals surface area (Å²) >= 11 is 6.10. The highest BCUT2D eigenvalue weighted by Crippen LogP contribution is 2.47. The first-order chi connectivity index (χ1) is 14.3. The predicted octanol–water partition coefficient (Wildman–Crippen LogP) is 3.16. The molecule has 158 valence electrons. The Morgan fingerprint density at radius 1 is 1.33 bits per heavy atom. The number of carboxylic acid groups (broad SMARTS) is 1. The molecule has 0 unspecified atom stereocenters. The van der Waals surface area contributed by atoms with Crippen molar-refractivity contribution in [1.82, 2.24) is 9.88 Å². The van der Waals surface area contributed by atoms with Gasteiger partial charge in [0, 0.05) is 42.1 Å². The van der Waals surface area contributed by atoms with Gasteiger partial charge in [0.2, 0.25) is 11.8 Å². The van der Waals surface area contributed by atoms with Crippen molar-refractivity contribution in [2.24, 2.45) is 0 Å². The number of aromatic nitrogens is 1. The van der Waals surface area contributed by atoms with E-state index < -0.39 is 5.97 Å². The largest absolute Gasteiger partial charge is 0.481 e. The number of carbonyl (C=O) groups is 3. The topological polar surface area (TPSA) is 90.8 Å². The third-order valence-corrected chi connectivity index (χ3v) is 8.22. The number of likely N-dealkylation sites (tertiary alicyclic amines) is 1. The van der Waals surface area contributed by atoms with E-state index in [1.165, 1.54) is 23.1 Å². The molecular formula is C20H20BrN3O4S2. The van der Waals surface area contributed by atoms with Crippen molar-refractivity contribution in [3.63, 3.8) is 0 Å². The SMILES string of the molecule is CC(=O)N1CC[C@@]2(C1)CN(C(=O)Cc1ncc(SCC(=O)O)s1)c1ccc(Br)cc12. The second-order valence-electron chi connectivity index (χ2n) is 7.54. The number of aliphatic carboxylic acids is 1. The van der Waals surface area contributed by atoms with Gasteiger partial charge in [0.1, 0.15) is 5.01 Å². The summed E-state index contributed by atoms with van der Waals surface area (Å²) in [6.07, 6.45) is 2.62. The molecule has 7 nitrogen and oxygen atoms in total. The van der Waals surface area contributed by atoms with Gasteiger partial charge in [0.25, 0.3) is 0 Å². The lowest BCUT2D eigenvalue weighted by Gasteiger charge is -2.25. The Morgan fingerprint density at radius 2 is 2.13 bits per heavy atom. The van der Waals surface area contributed by atoms with E-state index in [0.29, 0.717) is 24.6 Å². The average Bonchev–Trinajstić information content (AvgIpc) is 3.39. The van der Waals surface area contributed by atoms with Crippen LogP contribution >= 0.6 is 39.0 Å². The molecule has 1 saturated heterocycles. The molecular weight excluding hydrogens is 490 g/mol. The minimum Gasteiger partial charge on any atom is -0.481 e. The molecule has 2 aromatic rings. The normalized spacial score (nSPS) is 20.1. The summed E-state index contributed by atoms with van der Waals surface area (Å²) in [5.41, 5.74) is 1.75. The third kappa shape index (κ3) is 4.13. The maximum atomic E-state index is 13.2. The van der Waals surface area contributed by atoms with Gasteiger partial charge in [-0.25, -0.2) is 4.98 Å². The van der Waals surface area contributed by atoms with Crippen molar-refractivity contribution in [2.75, 3.05) is 30.3 Å². The average molecular weight is 510 g/mol. The monoisotopic (exact) mass is 509 g/mol. The van der Waals surface area contributed by atoms with Crippen molar-refractivity contribution < 1.29 is 19.5 Å². The van der Waals surface area contributed by atoms with E-state index in [4.69, 9.17) is 5.11 Å². The quantitative estimate of drug-likeness (QED) is 0.622. The fourth-order valence-electron chi connectivity index (χ4n) is 4.15. The highest BCUT2D eigenvalue weighted by molar-refractivity contribution is 9.10. The maximum absolute atomic E-state index is 13.2. The van der Waals surface area contributed by atoms with Gasteiger partial charge in [-0.05, 0) is 30.2 Å². The molecule has 4 rings (SSSR count). The van der Waals surface area contributed by atoms with Crippen LogP contribution in [0, 0.1) is 0 Å². The van der Waals surface area contributed by atoms with Crippen LogP contribution in [0.4, 0.5) is 5.69 Å². The van der Waals surface area contributed by atoms with E-state index in [1.54, 1.807) is 13.1 Å². The zero-order valence-corrected chi connectivity index (χ0v) is 19.5. The first kappa shape index (κ1) is 21.3. The van der Waals surface area contributed by atoms with E-state index in [-0.39, 0.29) is 29.4 Å². The lowest BCUT2D eigenvalue weighted by atomic mass is 9.81. The Labute approximate surface area is 190 Å². The molecule has 1 atom stereocenters. The summed E-state index contributed by atoms with van der Waals surface area (Å²) in [6.45, 7) is 3.44. The van der Waals surface area contributed by atoms with E-state index in [1.807, 2.05) is 21.9 Å². The molecule has 2 aliphatic heterocycles. The molecule has 1 aromatic carbocycles. The second-order valence-corrected chi connectivity index (χ2v) is 10.9. The van der Waals surface area contributed by atoms with Crippen LogP contribution in [-0.4, -0.2) is 58.2 Å². The number of nitrogens with zero attached hydrogens (tertiary/aromatic N) is 3. The van der Waals surface area contributed by atoms with Crippen LogP contribution in [0.5, 0.6) is 0 Å². The Balaban J connectivity index is 1.54. The van der Waals surface area contributed by atoms with E-state index in [0.717, 1.165) is 26.4 Å². The highest BCUT2D eigenvalue weighted by atomic mass is 79.9. The molecule has 0 bridgehead atoms. The number of carbonyl (C=O) groups excluding carboxylic acids is 2. The lowest BCUT2D eigenvalue weighted by molar-refractivity contribution is -0.134. The Hall–Kier alpha value is -1.91. The zero-order valence-electron chi connectivity index (χ0n) is 16.3. The molecule has 0 aliphatic carbocycles. The predicted molar refractivity (Wildman–Crippen MR) is 119 cm³/mol. The van der Waals surface area contributed by atoms with E-state index >= 15 is 0 Å². The number of thioether (sulfide) groups is 1. The third-order valence-electron chi connectivity index (χ3n) is 5.55. The van der Waals surface area contributed by atoms with Crippen molar-refractivity contribution >= 4 is 62.5 Å². The molecule has 1 spiro atoms. The van der Waals surface area contributed by atoms with Crippen molar-refractivity contribution in [1.29, 1.82) is 0 Å². The van der Waals surface area contributed by atoms with Gasteiger partial charge in [0.15, 0.2) is 0 Å². The van der Waals surface area contributed by atoms with Crippen molar-refractivity contribution in [3.8, 4) is 0 Å². The molecule has 10 heteroatoms. The van der Waals surface area contributed by atoms with Crippen molar-refractivity contribution in [3.05, 3.63) is 39.4 Å². The van der Waals surface area contributed by atoms with Crippen molar-refractivity contribution in [2.45, 2.75) is 29.4 Å². The van der Waals surface area contributed by atoms with Crippen LogP contribution < -0.4 is 4.90 Å². The molecule has 1 N–H and O–H groups in total. The van der Waals surface area contributed by atoms with Crippen LogP contribution in [0.15, 0.2) is 33.1 Å². The van der Waals surface area contributed by atoms with Crippen LogP contribution in [0.25, 0.3) is 0 Å². The Kier molecular flexibility index (Phi) is 5.91. The fourth-order valence-corrected chi connectivity index (χ4v) is 6.25. The number of hydrogen-bond donors (Lipinski definition) is 1. The summed E-state index contributed by atoms with van der Waals surface area (Å²) in [4.78, 5) is 43.8. The number of benzene rings is 1. The van der Waals surface area contributed by atoms with Gasteiger partial charge in [-0.15, -0.1) is 23.1 Å². The molecule has 30 heavy (non-hydrogen) atoms. The van der Waals surface area contributed by atoms with Gasteiger partial charge < -0.3 is 14.9 Å². The molecule has 0 saturated carbocycles. The summed E-state index contributed by atoms with van der Waals surface area (Å²) < 4.78 is 1.74. The molecule has 1 fully saturated rings. The van der Waals surface area contributed by atoms with Crippen LogP contribution in [0.1, 0.15) is 23.9 Å². The molecule has 1 aromatic heterocycles. The zero-order chi connectivity index (χ0) is 21.5. The number of halogens is 1. The number of hydrogen-bond acceptors (Lipinski definition) is 6. The Bertz CT molecular complexity index is 1030. The lowest BCUT2D eigenvalue weighted by Crippen LogP contribution is -2.40. The minimum atomic E-state index is -0.882. The number of anilines is 1. The van der Waals surface area contributed by atoms with E-state index in [2.05, 4.69) is 27.0 Å². The summed E-state index contributed by atoms with van der Waals surface area (Å²) in [6, 6.07) is 5.95. The summed E-state index contributed by atoms with van der Waals surface area (Å²) in [5.74, 6) is -0.894. The second kappa shape index (κ2) is 8.32. The standard InChI is InChI=1S/C20H20BrN3O4S2/c1-12(25)23-5-4-20(10-23)11-24(15-3-2-13(21)6-14(15)20)17(26)7-16-22-8-19(30-16)29-9-18(27)28/h2-3,6,8H,4-5,7,9-11H2,1H3,(H,27,28)/t20-/m1/s1. The molecule has 0 radical (unpaired) electrons.